The number of carbonyl (C=O) groups is 8. The second-order valence-corrected chi connectivity index (χ2v) is 10.4. The molecular weight excluding hydrogens is 588 g/mol. The van der Waals surface area contributed by atoms with Crippen LogP contribution < -0.4 is 32.3 Å². The molecule has 0 aliphatic carbocycles. The molecule has 0 bridgehead atoms. The average Bonchev–Trinajstić information content (AvgIpc) is 2.94. The number of thioether (sulfide) groups is 1. The van der Waals surface area contributed by atoms with Crippen LogP contribution >= 0.6 is 11.8 Å². The van der Waals surface area contributed by atoms with Gasteiger partial charge < -0.3 is 42.2 Å². The summed E-state index contributed by atoms with van der Waals surface area (Å²) < 4.78 is 5.06. The largest absolute Gasteiger partial charge is 0.481 e. The van der Waals surface area contributed by atoms with E-state index in [-0.39, 0.29) is 6.61 Å². The number of rotatable bonds is 16. The molecule has 0 heterocycles. The first-order valence-electron chi connectivity index (χ1n) is 13.0. The molecular formula is C26H36N6O10S. The van der Waals surface area contributed by atoms with Crippen molar-refractivity contribution in [3.63, 3.8) is 0 Å². The van der Waals surface area contributed by atoms with Crippen molar-refractivity contribution in [1.82, 2.24) is 26.6 Å². The van der Waals surface area contributed by atoms with Crippen LogP contribution in [0.2, 0.25) is 0 Å². The molecule has 17 heteroatoms. The van der Waals surface area contributed by atoms with E-state index in [9.17, 15) is 38.4 Å². The van der Waals surface area contributed by atoms with Gasteiger partial charge in [-0.25, -0.2) is 4.79 Å². The van der Waals surface area contributed by atoms with Crippen LogP contribution in [0, 0.1) is 0 Å². The van der Waals surface area contributed by atoms with Gasteiger partial charge >= 0.3 is 12.1 Å². The number of alkyl carbamates (subject to hydrolysis) is 1. The Bertz CT molecular complexity index is 1200. The van der Waals surface area contributed by atoms with Crippen molar-refractivity contribution >= 4 is 58.5 Å². The van der Waals surface area contributed by atoms with Gasteiger partial charge in [0.1, 0.15) is 36.8 Å². The second kappa shape index (κ2) is 18.0. The number of hydrogen-bond donors (Lipinski definition) is 7. The molecule has 8 N–H and O–H groups in total. The smallest absolute Gasteiger partial charge is 0.408 e. The van der Waals surface area contributed by atoms with Gasteiger partial charge in [-0.15, -0.1) is 0 Å². The number of ether oxygens (including phenoxy) is 1. The molecule has 0 aromatic heterocycles. The molecule has 1 rings (SSSR count). The maximum absolute atomic E-state index is 12.9. The first-order chi connectivity index (χ1) is 20.1. The summed E-state index contributed by atoms with van der Waals surface area (Å²) in [7, 11) is 0. The van der Waals surface area contributed by atoms with Crippen LogP contribution in [0.3, 0.4) is 0 Å². The summed E-state index contributed by atoms with van der Waals surface area (Å²) in [5.41, 5.74) is 5.84. The van der Waals surface area contributed by atoms with Crippen LogP contribution in [0.15, 0.2) is 30.3 Å². The van der Waals surface area contributed by atoms with Gasteiger partial charge in [-0.05, 0) is 33.3 Å². The maximum Gasteiger partial charge on any atom is 0.408 e. The predicted octanol–water partition coefficient (Wildman–Crippen LogP) is -1.48. The molecule has 0 aliphatic rings. The SMILES string of the molecule is C[C@H](NC(=O)[C@H](C)NC(=O)C(CC(=O)SCC(=O)O)NC(=O)[C@H](C)NC(=O)[C@H](C)NC(=O)OCc1ccccc1)C(N)=O. The summed E-state index contributed by atoms with van der Waals surface area (Å²) in [6, 6.07) is 2.63. The Labute approximate surface area is 251 Å². The van der Waals surface area contributed by atoms with Crippen LogP contribution in [0.25, 0.3) is 0 Å². The predicted molar refractivity (Wildman–Crippen MR) is 153 cm³/mol. The highest BCUT2D eigenvalue weighted by Crippen LogP contribution is 2.09. The highest BCUT2D eigenvalue weighted by molar-refractivity contribution is 8.14. The monoisotopic (exact) mass is 624 g/mol. The quantitative estimate of drug-likeness (QED) is 0.112. The van der Waals surface area contributed by atoms with E-state index in [2.05, 4.69) is 26.6 Å². The molecule has 0 fully saturated rings. The van der Waals surface area contributed by atoms with E-state index in [1.807, 2.05) is 0 Å². The highest BCUT2D eigenvalue weighted by atomic mass is 32.2. The first-order valence-corrected chi connectivity index (χ1v) is 13.9. The number of carboxylic acids is 1. The Balaban J connectivity index is 2.79. The zero-order valence-corrected chi connectivity index (χ0v) is 24.8. The third kappa shape index (κ3) is 14.2. The first kappa shape index (κ1) is 36.4. The van der Waals surface area contributed by atoms with Gasteiger partial charge in [-0.3, -0.25) is 33.6 Å². The molecule has 16 nitrogen and oxygen atoms in total. The van der Waals surface area contributed by atoms with Crippen molar-refractivity contribution in [1.29, 1.82) is 0 Å². The van der Waals surface area contributed by atoms with Crippen molar-refractivity contribution in [2.24, 2.45) is 5.73 Å². The van der Waals surface area contributed by atoms with Gasteiger partial charge in [0.05, 0.1) is 5.75 Å². The number of carbonyl (C=O) groups excluding carboxylic acids is 7. The van der Waals surface area contributed by atoms with E-state index in [0.717, 1.165) is 5.56 Å². The molecule has 43 heavy (non-hydrogen) atoms. The summed E-state index contributed by atoms with van der Waals surface area (Å²) in [5, 5.41) is 19.6. The molecule has 1 aromatic carbocycles. The number of aliphatic carboxylic acids is 1. The number of hydrogen-bond acceptors (Lipinski definition) is 10. The highest BCUT2D eigenvalue weighted by Gasteiger charge is 2.30. The van der Waals surface area contributed by atoms with Gasteiger partial charge in [0.25, 0.3) is 0 Å². The molecule has 0 aliphatic heterocycles. The van der Waals surface area contributed by atoms with E-state index < -0.39 is 89.1 Å². The lowest BCUT2D eigenvalue weighted by Gasteiger charge is -2.23. The fraction of sp³-hybridized carbons (Fsp3) is 0.462. The average molecular weight is 625 g/mol. The molecule has 6 amide bonds. The molecule has 5 atom stereocenters. The van der Waals surface area contributed by atoms with Gasteiger partial charge in [0.2, 0.25) is 29.5 Å². The third-order valence-electron chi connectivity index (χ3n) is 5.59. The van der Waals surface area contributed by atoms with Crippen molar-refractivity contribution in [3.8, 4) is 0 Å². The van der Waals surface area contributed by atoms with Crippen molar-refractivity contribution in [3.05, 3.63) is 35.9 Å². The number of carboxylic acid groups (broad SMARTS) is 1. The van der Waals surface area contributed by atoms with E-state index >= 15 is 0 Å². The fourth-order valence-corrected chi connectivity index (χ4v) is 3.64. The molecule has 1 unspecified atom stereocenters. The normalized spacial score (nSPS) is 14.0. The second-order valence-electron chi connectivity index (χ2n) is 9.34. The number of nitrogens with one attached hydrogen (secondary N) is 5. The summed E-state index contributed by atoms with van der Waals surface area (Å²) in [6.07, 6.45) is -1.52. The van der Waals surface area contributed by atoms with Gasteiger partial charge in [0, 0.05) is 6.42 Å². The molecule has 236 valence electrons. The van der Waals surface area contributed by atoms with Crippen molar-refractivity contribution < 1.29 is 48.2 Å². The van der Waals surface area contributed by atoms with Crippen molar-refractivity contribution in [2.45, 2.75) is 70.9 Å². The van der Waals surface area contributed by atoms with Gasteiger partial charge in [-0.1, -0.05) is 42.1 Å². The Morgan fingerprint density at radius 2 is 1.23 bits per heavy atom. The Morgan fingerprint density at radius 3 is 1.77 bits per heavy atom. The van der Waals surface area contributed by atoms with Crippen LogP contribution in [-0.4, -0.2) is 87.8 Å². The number of amides is 6. The molecule has 0 spiro atoms. The number of nitrogens with two attached hydrogens (primary N) is 1. The van der Waals surface area contributed by atoms with Crippen LogP contribution in [0.1, 0.15) is 39.7 Å². The summed E-state index contributed by atoms with van der Waals surface area (Å²) in [5.74, 6) is -6.09. The number of primary amides is 1. The van der Waals surface area contributed by atoms with E-state index in [4.69, 9.17) is 15.6 Å². The Hall–Kier alpha value is -4.67. The lowest BCUT2D eigenvalue weighted by atomic mass is 10.1. The molecule has 0 radical (unpaired) electrons. The minimum absolute atomic E-state index is 0.0306. The molecule has 0 saturated heterocycles. The third-order valence-corrected chi connectivity index (χ3v) is 6.47. The van der Waals surface area contributed by atoms with Gasteiger partial charge in [0.15, 0.2) is 5.12 Å². The standard InChI is InChI=1S/C26H36N6O10S/c1-13(21(27)36)28-22(37)14(2)30-25(40)18(10-20(35)43-12-19(33)34)32-24(39)15(3)29-23(38)16(4)31-26(41)42-11-17-8-6-5-7-9-17/h5-9,13-16,18H,10-12H2,1-4H3,(H2,27,36)(H,28,37)(H,29,38)(H,30,40)(H,31,41)(H,32,39)(H,33,34)/t13-,14-,15-,16-,18?/m0/s1. The summed E-state index contributed by atoms with van der Waals surface area (Å²) in [6.45, 7) is 5.21. The topological polar surface area (TPSA) is 252 Å². The minimum atomic E-state index is -1.56. The Morgan fingerprint density at radius 1 is 0.744 bits per heavy atom. The lowest BCUT2D eigenvalue weighted by molar-refractivity contribution is -0.134. The van der Waals surface area contributed by atoms with Crippen LogP contribution in [0.4, 0.5) is 4.79 Å². The van der Waals surface area contributed by atoms with Crippen LogP contribution in [-0.2, 0) is 44.9 Å². The van der Waals surface area contributed by atoms with E-state index in [1.165, 1.54) is 27.7 Å². The van der Waals surface area contributed by atoms with Crippen LogP contribution in [0.5, 0.6) is 0 Å². The lowest BCUT2D eigenvalue weighted by Crippen LogP contribution is -2.58. The van der Waals surface area contributed by atoms with Gasteiger partial charge in [-0.2, -0.15) is 0 Å². The van der Waals surface area contributed by atoms with E-state index in [1.54, 1.807) is 30.3 Å². The number of benzene rings is 1. The zero-order valence-electron chi connectivity index (χ0n) is 24.0. The molecule has 0 saturated carbocycles. The van der Waals surface area contributed by atoms with E-state index in [0.29, 0.717) is 11.8 Å². The summed E-state index contributed by atoms with van der Waals surface area (Å²) in [4.78, 5) is 96.9. The fourth-order valence-electron chi connectivity index (χ4n) is 3.07. The summed E-state index contributed by atoms with van der Waals surface area (Å²) >= 11 is 0.403. The Kier molecular flexibility index (Phi) is 15.2. The zero-order chi connectivity index (χ0) is 32.7. The molecule has 1 aromatic rings. The van der Waals surface area contributed by atoms with Crippen molar-refractivity contribution in [2.75, 3.05) is 5.75 Å². The maximum atomic E-state index is 12.9. The minimum Gasteiger partial charge on any atom is -0.481 e.